The second-order valence-corrected chi connectivity index (χ2v) is 5.31. The van der Waals surface area contributed by atoms with Gasteiger partial charge in [0.05, 0.1) is 17.8 Å². The van der Waals surface area contributed by atoms with Gasteiger partial charge in [0.1, 0.15) is 0 Å². The van der Waals surface area contributed by atoms with Crippen molar-refractivity contribution >= 4 is 28.2 Å². The summed E-state index contributed by atoms with van der Waals surface area (Å²) in [5, 5.41) is 9.90. The van der Waals surface area contributed by atoms with Crippen molar-refractivity contribution in [2.45, 2.75) is 13.5 Å². The molecule has 0 unspecified atom stereocenters. The molecule has 0 amide bonds. The van der Waals surface area contributed by atoms with Crippen LogP contribution in [0, 0.1) is 6.92 Å². The summed E-state index contributed by atoms with van der Waals surface area (Å²) in [5.74, 6) is 0. The summed E-state index contributed by atoms with van der Waals surface area (Å²) in [5.41, 5.74) is 4.28. The molecule has 20 heavy (non-hydrogen) atoms. The third kappa shape index (κ3) is 2.37. The van der Waals surface area contributed by atoms with E-state index in [0.717, 1.165) is 27.5 Å². The molecule has 2 aromatic carbocycles. The van der Waals surface area contributed by atoms with E-state index in [2.05, 4.69) is 22.5 Å². The zero-order valence-corrected chi connectivity index (χ0v) is 12.3. The smallest absolute Gasteiger partial charge is 0.0894 e. The summed E-state index contributed by atoms with van der Waals surface area (Å²) in [4.78, 5) is 0. The Bertz CT molecular complexity index is 762. The van der Waals surface area contributed by atoms with Crippen molar-refractivity contribution in [1.82, 2.24) is 9.78 Å². The predicted molar refractivity (Wildman–Crippen MR) is 84.2 cm³/mol. The van der Waals surface area contributed by atoms with E-state index < -0.39 is 0 Å². The van der Waals surface area contributed by atoms with Crippen molar-refractivity contribution in [1.29, 1.82) is 0 Å². The van der Waals surface area contributed by atoms with Gasteiger partial charge in [-0.3, -0.25) is 4.68 Å². The molecule has 0 fully saturated rings. The zero-order valence-electron chi connectivity index (χ0n) is 11.5. The van der Waals surface area contributed by atoms with E-state index >= 15 is 0 Å². The summed E-state index contributed by atoms with van der Waals surface area (Å²) in [6.45, 7) is 2.68. The van der Waals surface area contributed by atoms with Gasteiger partial charge in [0.25, 0.3) is 0 Å². The molecule has 102 valence electrons. The molecule has 0 radical (unpaired) electrons. The van der Waals surface area contributed by atoms with Gasteiger partial charge < -0.3 is 5.32 Å². The Morgan fingerprint density at radius 2 is 2.00 bits per heavy atom. The van der Waals surface area contributed by atoms with Crippen LogP contribution in [0.3, 0.4) is 0 Å². The van der Waals surface area contributed by atoms with Gasteiger partial charge in [-0.05, 0) is 30.7 Å². The van der Waals surface area contributed by atoms with Gasteiger partial charge in [-0.2, -0.15) is 5.10 Å². The van der Waals surface area contributed by atoms with Crippen LogP contribution in [0.15, 0.2) is 42.5 Å². The van der Waals surface area contributed by atoms with Gasteiger partial charge in [-0.15, -0.1) is 0 Å². The molecular weight excluding hydrogens is 270 g/mol. The molecule has 3 aromatic rings. The summed E-state index contributed by atoms with van der Waals surface area (Å²) >= 11 is 6.14. The number of rotatable bonds is 3. The maximum atomic E-state index is 6.14. The fourth-order valence-electron chi connectivity index (χ4n) is 2.31. The van der Waals surface area contributed by atoms with Gasteiger partial charge in [-0.25, -0.2) is 0 Å². The van der Waals surface area contributed by atoms with E-state index in [1.54, 1.807) is 0 Å². The zero-order chi connectivity index (χ0) is 14.1. The number of hydrogen-bond acceptors (Lipinski definition) is 2. The largest absolute Gasteiger partial charge is 0.379 e. The molecule has 1 N–H and O–H groups in total. The standard InChI is InChI=1S/C16H16ClN3/c1-11-7-8-12(9-14(11)17)18-10-15-13-5-3-4-6-16(13)20(2)19-15/h3-9,18H,10H2,1-2H3. The number of para-hydroxylation sites is 1. The Kier molecular flexibility index (Phi) is 3.36. The molecule has 0 saturated heterocycles. The molecule has 0 spiro atoms. The normalized spacial score (nSPS) is 10.9. The first-order valence-electron chi connectivity index (χ1n) is 6.56. The van der Waals surface area contributed by atoms with Crippen molar-refractivity contribution < 1.29 is 0 Å². The Morgan fingerprint density at radius 1 is 1.20 bits per heavy atom. The average Bonchev–Trinajstić information content (AvgIpc) is 2.78. The average molecular weight is 286 g/mol. The highest BCUT2D eigenvalue weighted by Gasteiger charge is 2.07. The van der Waals surface area contributed by atoms with E-state index in [-0.39, 0.29) is 0 Å². The minimum absolute atomic E-state index is 0.681. The van der Waals surface area contributed by atoms with E-state index in [1.165, 1.54) is 5.39 Å². The maximum Gasteiger partial charge on any atom is 0.0894 e. The number of anilines is 1. The molecule has 0 aliphatic heterocycles. The number of benzene rings is 2. The van der Waals surface area contributed by atoms with Crippen molar-refractivity contribution in [2.24, 2.45) is 7.05 Å². The predicted octanol–water partition coefficient (Wildman–Crippen LogP) is 4.15. The number of halogens is 1. The van der Waals surface area contributed by atoms with Crippen LogP contribution in [0.4, 0.5) is 5.69 Å². The summed E-state index contributed by atoms with van der Waals surface area (Å²) < 4.78 is 1.91. The first-order chi connectivity index (χ1) is 9.65. The Labute approximate surface area is 123 Å². The molecule has 1 heterocycles. The fourth-order valence-corrected chi connectivity index (χ4v) is 2.49. The highest BCUT2D eigenvalue weighted by atomic mass is 35.5. The Hall–Kier alpha value is -2.00. The first kappa shape index (κ1) is 13.0. The van der Waals surface area contributed by atoms with Crippen LogP contribution in [-0.2, 0) is 13.6 Å². The van der Waals surface area contributed by atoms with E-state index in [4.69, 9.17) is 11.6 Å². The Morgan fingerprint density at radius 3 is 2.80 bits per heavy atom. The topological polar surface area (TPSA) is 29.9 Å². The van der Waals surface area contributed by atoms with E-state index in [9.17, 15) is 0 Å². The van der Waals surface area contributed by atoms with Gasteiger partial charge in [0.15, 0.2) is 0 Å². The quantitative estimate of drug-likeness (QED) is 0.783. The van der Waals surface area contributed by atoms with Crippen LogP contribution >= 0.6 is 11.6 Å². The first-order valence-corrected chi connectivity index (χ1v) is 6.93. The third-order valence-electron chi connectivity index (χ3n) is 3.47. The molecule has 3 rings (SSSR count). The van der Waals surface area contributed by atoms with Crippen LogP contribution in [0.1, 0.15) is 11.3 Å². The fraction of sp³-hybridized carbons (Fsp3) is 0.188. The molecule has 0 atom stereocenters. The van der Waals surface area contributed by atoms with Gasteiger partial charge >= 0.3 is 0 Å². The minimum atomic E-state index is 0.681. The van der Waals surface area contributed by atoms with Crippen LogP contribution in [-0.4, -0.2) is 9.78 Å². The van der Waals surface area contributed by atoms with Crippen LogP contribution in [0.25, 0.3) is 10.9 Å². The van der Waals surface area contributed by atoms with Crippen LogP contribution in [0.2, 0.25) is 5.02 Å². The van der Waals surface area contributed by atoms with Crippen molar-refractivity contribution in [3.05, 3.63) is 58.7 Å². The molecule has 0 saturated carbocycles. The van der Waals surface area contributed by atoms with Crippen molar-refractivity contribution in [2.75, 3.05) is 5.32 Å². The van der Waals surface area contributed by atoms with Crippen molar-refractivity contribution in [3.8, 4) is 0 Å². The lowest BCUT2D eigenvalue weighted by Crippen LogP contribution is -2.01. The molecule has 0 aliphatic carbocycles. The van der Waals surface area contributed by atoms with Crippen molar-refractivity contribution in [3.63, 3.8) is 0 Å². The molecule has 3 nitrogen and oxygen atoms in total. The number of nitrogens with zero attached hydrogens (tertiary/aromatic N) is 2. The number of hydrogen-bond donors (Lipinski definition) is 1. The molecule has 0 aliphatic rings. The van der Waals surface area contributed by atoms with E-state index in [1.807, 2.05) is 49.0 Å². The van der Waals surface area contributed by atoms with Gasteiger partial charge in [-0.1, -0.05) is 35.9 Å². The molecular formula is C16H16ClN3. The summed E-state index contributed by atoms with van der Waals surface area (Å²) in [6.07, 6.45) is 0. The summed E-state index contributed by atoms with van der Waals surface area (Å²) in [6, 6.07) is 14.2. The van der Waals surface area contributed by atoms with Gasteiger partial charge in [0, 0.05) is 23.1 Å². The second-order valence-electron chi connectivity index (χ2n) is 4.90. The monoisotopic (exact) mass is 285 g/mol. The number of nitrogens with one attached hydrogen (secondary N) is 1. The lowest BCUT2D eigenvalue weighted by Gasteiger charge is -2.06. The third-order valence-corrected chi connectivity index (χ3v) is 3.87. The van der Waals surface area contributed by atoms with Crippen LogP contribution < -0.4 is 5.32 Å². The highest BCUT2D eigenvalue weighted by molar-refractivity contribution is 6.31. The lowest BCUT2D eigenvalue weighted by atomic mass is 10.2. The highest BCUT2D eigenvalue weighted by Crippen LogP contribution is 2.22. The number of aromatic nitrogens is 2. The second kappa shape index (κ2) is 5.17. The summed E-state index contributed by atoms with van der Waals surface area (Å²) in [7, 11) is 1.97. The number of fused-ring (bicyclic) bond motifs is 1. The molecule has 1 aromatic heterocycles. The lowest BCUT2D eigenvalue weighted by molar-refractivity contribution is 0.771. The van der Waals surface area contributed by atoms with E-state index in [0.29, 0.717) is 6.54 Å². The molecule has 4 heteroatoms. The SMILES string of the molecule is Cc1ccc(NCc2nn(C)c3ccccc23)cc1Cl. The van der Waals surface area contributed by atoms with Crippen LogP contribution in [0.5, 0.6) is 0 Å². The maximum absolute atomic E-state index is 6.14. The molecule has 0 bridgehead atoms. The van der Waals surface area contributed by atoms with Gasteiger partial charge in [0.2, 0.25) is 0 Å². The Balaban J connectivity index is 1.85. The number of aryl methyl sites for hydroxylation is 2. The minimum Gasteiger partial charge on any atom is -0.379 e.